The lowest BCUT2D eigenvalue weighted by atomic mass is 9.97. The fourth-order valence-corrected chi connectivity index (χ4v) is 4.70. The molecule has 23 heavy (non-hydrogen) atoms. The highest BCUT2D eigenvalue weighted by molar-refractivity contribution is 7.92. The van der Waals surface area contributed by atoms with Gasteiger partial charge in [0, 0.05) is 0 Å². The van der Waals surface area contributed by atoms with E-state index in [1.54, 1.807) is 31.0 Å². The van der Waals surface area contributed by atoms with E-state index in [2.05, 4.69) is 0 Å². The molecule has 0 aromatic heterocycles. The normalized spacial score (nSPS) is 22.6. The average Bonchev–Trinajstić information content (AvgIpc) is 2.55. The molecule has 0 saturated carbocycles. The van der Waals surface area contributed by atoms with Gasteiger partial charge >= 0.3 is 5.97 Å². The van der Waals surface area contributed by atoms with Crippen LogP contribution in [0.15, 0.2) is 29.2 Å². The molecular weight excluding hydrogens is 318 g/mol. The number of carbonyl (C=O) groups is 1. The van der Waals surface area contributed by atoms with Gasteiger partial charge in [0.15, 0.2) is 9.84 Å². The quantitative estimate of drug-likeness (QED) is 0.759. The van der Waals surface area contributed by atoms with E-state index in [0.29, 0.717) is 25.3 Å². The van der Waals surface area contributed by atoms with Crippen molar-refractivity contribution < 1.29 is 22.7 Å². The van der Waals surface area contributed by atoms with Gasteiger partial charge in [-0.15, -0.1) is 0 Å². The van der Waals surface area contributed by atoms with Crippen LogP contribution in [-0.2, 0) is 19.4 Å². The first-order valence-corrected chi connectivity index (χ1v) is 9.19. The zero-order valence-electron chi connectivity index (χ0n) is 13.7. The van der Waals surface area contributed by atoms with Crippen LogP contribution in [-0.4, -0.2) is 52.0 Å². The maximum atomic E-state index is 12.9. The van der Waals surface area contributed by atoms with E-state index in [1.165, 1.54) is 19.2 Å². The highest BCUT2D eigenvalue weighted by atomic mass is 32.2. The summed E-state index contributed by atoms with van der Waals surface area (Å²) < 4.78 is 35.9. The van der Waals surface area contributed by atoms with Crippen LogP contribution in [0.25, 0.3) is 0 Å². The third-order valence-electron chi connectivity index (χ3n) is 4.17. The lowest BCUT2D eigenvalue weighted by Gasteiger charge is -2.35. The molecule has 1 aliphatic heterocycles. The van der Waals surface area contributed by atoms with E-state index in [9.17, 15) is 13.2 Å². The summed E-state index contributed by atoms with van der Waals surface area (Å²) in [6, 6.07) is 6.32. The standard InChI is InChI=1S/C16H23NO5S/c1-4-22-16(18)12-9-10-17(2)15(11-12)23(19,20)14-7-5-13(21-3)6-8-14/h5-8,12,15H,4,9-11H2,1-3H3. The second-order valence-electron chi connectivity index (χ2n) is 5.63. The minimum absolute atomic E-state index is 0.236. The SMILES string of the molecule is CCOC(=O)C1CCN(C)C(S(=O)(=O)c2ccc(OC)cc2)C1. The number of esters is 1. The fourth-order valence-electron chi connectivity index (χ4n) is 2.80. The molecule has 0 bridgehead atoms. The topological polar surface area (TPSA) is 72.9 Å². The Morgan fingerprint density at radius 1 is 1.30 bits per heavy atom. The van der Waals surface area contributed by atoms with Crippen molar-refractivity contribution in [2.24, 2.45) is 5.92 Å². The van der Waals surface area contributed by atoms with Crippen molar-refractivity contribution in [3.8, 4) is 5.75 Å². The van der Waals surface area contributed by atoms with E-state index >= 15 is 0 Å². The Balaban J connectivity index is 2.23. The molecule has 1 fully saturated rings. The lowest BCUT2D eigenvalue weighted by Crippen LogP contribution is -2.46. The highest BCUT2D eigenvalue weighted by Crippen LogP contribution is 2.30. The molecule has 2 atom stereocenters. The summed E-state index contributed by atoms with van der Waals surface area (Å²) in [5.41, 5.74) is 0. The number of methoxy groups -OCH3 is 1. The number of nitrogens with zero attached hydrogens (tertiary/aromatic N) is 1. The Morgan fingerprint density at radius 3 is 2.52 bits per heavy atom. The van der Waals surface area contributed by atoms with Crippen molar-refractivity contribution in [1.29, 1.82) is 0 Å². The number of piperidine rings is 1. The molecule has 1 saturated heterocycles. The molecule has 1 aliphatic rings. The molecule has 128 valence electrons. The molecule has 1 heterocycles. The Morgan fingerprint density at radius 2 is 1.96 bits per heavy atom. The average molecular weight is 341 g/mol. The van der Waals surface area contributed by atoms with Crippen molar-refractivity contribution in [2.45, 2.75) is 30.0 Å². The number of hydrogen-bond acceptors (Lipinski definition) is 6. The smallest absolute Gasteiger partial charge is 0.309 e. The Hall–Kier alpha value is -1.60. The summed E-state index contributed by atoms with van der Waals surface area (Å²) in [5.74, 6) is -0.0787. The first-order valence-electron chi connectivity index (χ1n) is 7.65. The van der Waals surface area contributed by atoms with Crippen LogP contribution in [0.3, 0.4) is 0 Å². The van der Waals surface area contributed by atoms with Gasteiger partial charge in [-0.25, -0.2) is 8.42 Å². The van der Waals surface area contributed by atoms with Crippen molar-refractivity contribution in [3.63, 3.8) is 0 Å². The van der Waals surface area contributed by atoms with Gasteiger partial charge in [-0.05, 0) is 57.6 Å². The summed E-state index contributed by atoms with van der Waals surface area (Å²) in [4.78, 5) is 14.0. The second-order valence-corrected chi connectivity index (χ2v) is 7.73. The summed E-state index contributed by atoms with van der Waals surface area (Å²) in [6.45, 7) is 2.60. The molecule has 0 aliphatic carbocycles. The molecule has 2 rings (SSSR count). The predicted octanol–water partition coefficient (Wildman–Crippen LogP) is 1.70. The molecule has 6 nitrogen and oxygen atoms in total. The van der Waals surface area contributed by atoms with Crippen LogP contribution in [0.4, 0.5) is 0 Å². The first kappa shape index (κ1) is 17.7. The van der Waals surface area contributed by atoms with E-state index in [-0.39, 0.29) is 23.2 Å². The van der Waals surface area contributed by atoms with E-state index < -0.39 is 15.2 Å². The second kappa shape index (κ2) is 7.31. The number of hydrogen-bond donors (Lipinski definition) is 0. The Kier molecular flexibility index (Phi) is 5.64. The third kappa shape index (κ3) is 3.84. The van der Waals surface area contributed by atoms with Gasteiger partial charge in [-0.3, -0.25) is 9.69 Å². The van der Waals surface area contributed by atoms with E-state index in [1.807, 2.05) is 0 Å². The monoisotopic (exact) mass is 341 g/mol. The number of likely N-dealkylation sites (tertiary alicyclic amines) is 1. The zero-order valence-corrected chi connectivity index (χ0v) is 14.5. The maximum Gasteiger partial charge on any atom is 0.309 e. The number of benzene rings is 1. The Labute approximate surface area is 137 Å². The number of ether oxygens (including phenoxy) is 2. The lowest BCUT2D eigenvalue weighted by molar-refractivity contribution is -0.149. The maximum absolute atomic E-state index is 12.9. The minimum Gasteiger partial charge on any atom is -0.497 e. The van der Waals surface area contributed by atoms with Gasteiger partial charge < -0.3 is 9.47 Å². The van der Waals surface area contributed by atoms with Crippen LogP contribution >= 0.6 is 0 Å². The van der Waals surface area contributed by atoms with Crippen LogP contribution in [0.5, 0.6) is 5.75 Å². The first-order chi connectivity index (χ1) is 10.9. The molecular formula is C16H23NO5S. The molecule has 0 amide bonds. The number of sulfone groups is 1. The third-order valence-corrected chi connectivity index (χ3v) is 6.37. The van der Waals surface area contributed by atoms with Crippen LogP contribution in [0.2, 0.25) is 0 Å². The van der Waals surface area contributed by atoms with Crippen LogP contribution in [0, 0.1) is 5.92 Å². The fraction of sp³-hybridized carbons (Fsp3) is 0.562. The number of rotatable bonds is 5. The van der Waals surface area contributed by atoms with Gasteiger partial charge in [0.2, 0.25) is 0 Å². The molecule has 0 spiro atoms. The van der Waals surface area contributed by atoms with Crippen molar-refractivity contribution in [2.75, 3.05) is 27.3 Å². The van der Waals surface area contributed by atoms with Crippen LogP contribution < -0.4 is 4.74 Å². The molecule has 2 unspecified atom stereocenters. The summed E-state index contributed by atoms with van der Waals surface area (Å²) >= 11 is 0. The molecule has 0 N–H and O–H groups in total. The molecule has 7 heteroatoms. The van der Waals surface area contributed by atoms with Gasteiger partial charge in [0.1, 0.15) is 11.1 Å². The van der Waals surface area contributed by atoms with Crippen LogP contribution in [0.1, 0.15) is 19.8 Å². The zero-order chi connectivity index (χ0) is 17.0. The van der Waals surface area contributed by atoms with Crippen molar-refractivity contribution in [1.82, 2.24) is 4.90 Å². The van der Waals surface area contributed by atoms with Gasteiger partial charge in [0.05, 0.1) is 24.5 Å². The summed E-state index contributed by atoms with van der Waals surface area (Å²) in [7, 11) is -0.254. The van der Waals surface area contributed by atoms with E-state index in [4.69, 9.17) is 9.47 Å². The molecule has 1 aromatic rings. The molecule has 1 aromatic carbocycles. The van der Waals surface area contributed by atoms with Gasteiger partial charge in [-0.2, -0.15) is 0 Å². The predicted molar refractivity (Wildman–Crippen MR) is 86.0 cm³/mol. The van der Waals surface area contributed by atoms with Crippen molar-refractivity contribution >= 4 is 15.8 Å². The number of carbonyl (C=O) groups excluding carboxylic acids is 1. The molecule has 0 radical (unpaired) electrons. The highest BCUT2D eigenvalue weighted by Gasteiger charge is 2.39. The largest absolute Gasteiger partial charge is 0.497 e. The van der Waals surface area contributed by atoms with Gasteiger partial charge in [0.25, 0.3) is 0 Å². The summed E-state index contributed by atoms with van der Waals surface area (Å²) in [6.07, 6.45) is 0.869. The minimum atomic E-state index is -3.55. The Bertz CT molecular complexity index is 641. The van der Waals surface area contributed by atoms with Crippen molar-refractivity contribution in [3.05, 3.63) is 24.3 Å². The van der Waals surface area contributed by atoms with Gasteiger partial charge in [-0.1, -0.05) is 0 Å². The van der Waals surface area contributed by atoms with E-state index in [0.717, 1.165) is 0 Å². The summed E-state index contributed by atoms with van der Waals surface area (Å²) in [5, 5.41) is -0.723.